The van der Waals surface area contributed by atoms with Crippen molar-refractivity contribution in [3.63, 3.8) is 0 Å². The number of fused-ring (bicyclic) bond motifs is 2. The van der Waals surface area contributed by atoms with Gasteiger partial charge in [-0.05, 0) is 67.1 Å². The lowest BCUT2D eigenvalue weighted by molar-refractivity contribution is -0.0564. The Morgan fingerprint density at radius 3 is 2.57 bits per heavy atom. The maximum atomic E-state index is 10.6. The summed E-state index contributed by atoms with van der Waals surface area (Å²) in [6.07, 6.45) is 4.61. The molecule has 30 heavy (non-hydrogen) atoms. The molecule has 0 amide bonds. The molecule has 0 radical (unpaired) electrons. The van der Waals surface area contributed by atoms with Gasteiger partial charge in [0, 0.05) is 50.0 Å². The minimum absolute atomic E-state index is 0.303. The van der Waals surface area contributed by atoms with Crippen molar-refractivity contribution in [1.82, 2.24) is 4.90 Å². The number of aliphatic hydroxyl groups excluding tert-OH is 1. The topological polar surface area (TPSA) is 35.9 Å². The highest BCUT2D eigenvalue weighted by Gasteiger charge is 2.61. The molecular formula is C25H39ClN2O2. The van der Waals surface area contributed by atoms with Crippen LogP contribution < -0.4 is 4.90 Å². The maximum absolute atomic E-state index is 10.6. The van der Waals surface area contributed by atoms with Crippen LogP contribution >= 0.6 is 11.6 Å². The van der Waals surface area contributed by atoms with Crippen molar-refractivity contribution in [3.05, 3.63) is 28.8 Å². The Morgan fingerprint density at radius 1 is 1.20 bits per heavy atom. The van der Waals surface area contributed by atoms with Crippen LogP contribution in [0.4, 0.5) is 5.69 Å². The van der Waals surface area contributed by atoms with Crippen molar-refractivity contribution in [1.29, 1.82) is 0 Å². The van der Waals surface area contributed by atoms with E-state index in [-0.39, 0.29) is 6.10 Å². The fourth-order valence-electron chi connectivity index (χ4n) is 6.21. The quantitative estimate of drug-likeness (QED) is 0.671. The number of benzene rings is 1. The number of rotatable bonds is 7. The molecule has 0 spiro atoms. The fourth-order valence-corrected chi connectivity index (χ4v) is 6.38. The molecule has 0 unspecified atom stereocenters. The summed E-state index contributed by atoms with van der Waals surface area (Å²) in [5.41, 5.74) is 3.19. The van der Waals surface area contributed by atoms with Crippen molar-refractivity contribution in [2.75, 3.05) is 44.2 Å². The molecule has 2 saturated carbocycles. The van der Waals surface area contributed by atoms with E-state index >= 15 is 0 Å². The normalized spacial score (nSPS) is 32.0. The molecule has 2 aliphatic carbocycles. The zero-order valence-corrected chi connectivity index (χ0v) is 19.9. The minimum Gasteiger partial charge on any atom is -0.392 e. The molecule has 1 aromatic rings. The lowest BCUT2D eigenvalue weighted by Gasteiger charge is -2.39. The molecule has 1 saturated heterocycles. The van der Waals surface area contributed by atoms with E-state index < -0.39 is 0 Å². The van der Waals surface area contributed by atoms with Gasteiger partial charge < -0.3 is 14.7 Å². The number of hydrogen-bond acceptors (Lipinski definition) is 4. The molecule has 168 valence electrons. The van der Waals surface area contributed by atoms with E-state index in [2.05, 4.69) is 49.6 Å². The predicted octanol–water partition coefficient (Wildman–Crippen LogP) is 4.75. The van der Waals surface area contributed by atoms with Gasteiger partial charge in [-0.25, -0.2) is 0 Å². The van der Waals surface area contributed by atoms with Crippen LogP contribution in [-0.4, -0.2) is 61.5 Å². The first-order valence-corrected chi connectivity index (χ1v) is 12.1. The molecule has 1 aromatic carbocycles. The van der Waals surface area contributed by atoms with Crippen molar-refractivity contribution in [2.45, 2.75) is 65.6 Å². The molecule has 0 aromatic heterocycles. The number of β-amino-alcohol motifs (C(OH)–C–C–N with tert-alkyl or cyclic N) is 1. The summed E-state index contributed by atoms with van der Waals surface area (Å²) < 4.78 is 6.34. The molecule has 1 aliphatic heterocycles. The number of anilines is 1. The van der Waals surface area contributed by atoms with Crippen LogP contribution in [0.25, 0.3) is 0 Å². The van der Waals surface area contributed by atoms with Crippen LogP contribution in [0.1, 0.15) is 52.0 Å². The summed E-state index contributed by atoms with van der Waals surface area (Å²) in [4.78, 5) is 4.79. The van der Waals surface area contributed by atoms with Crippen LogP contribution in [0.3, 0.4) is 0 Å². The van der Waals surface area contributed by atoms with Gasteiger partial charge in [-0.2, -0.15) is 0 Å². The van der Waals surface area contributed by atoms with E-state index in [1.807, 2.05) is 6.07 Å². The third kappa shape index (κ3) is 4.13. The Morgan fingerprint density at radius 2 is 1.93 bits per heavy atom. The van der Waals surface area contributed by atoms with Crippen LogP contribution in [0.5, 0.6) is 0 Å². The predicted molar refractivity (Wildman–Crippen MR) is 124 cm³/mol. The Labute approximate surface area is 187 Å². The van der Waals surface area contributed by atoms with Gasteiger partial charge in [0.1, 0.15) is 0 Å². The SMILES string of the molecule is Cc1ccc(Cl)cc1N1CCN(C[C@@H](O)CCO[C@H]2C[C@H]3CC[C@@]2(C)C3(C)C)CC1. The number of ether oxygens (including phenoxy) is 1. The molecule has 1 heterocycles. The van der Waals surface area contributed by atoms with Gasteiger partial charge in [-0.3, -0.25) is 4.90 Å². The molecule has 4 atom stereocenters. The maximum Gasteiger partial charge on any atom is 0.0689 e. The first-order chi connectivity index (χ1) is 14.2. The number of piperazine rings is 1. The smallest absolute Gasteiger partial charge is 0.0689 e. The van der Waals surface area contributed by atoms with Crippen LogP contribution in [0, 0.1) is 23.7 Å². The fraction of sp³-hybridized carbons (Fsp3) is 0.760. The van der Waals surface area contributed by atoms with Crippen molar-refractivity contribution >= 4 is 17.3 Å². The summed E-state index contributed by atoms with van der Waals surface area (Å²) in [5, 5.41) is 11.4. The van der Waals surface area contributed by atoms with Crippen LogP contribution in [0.2, 0.25) is 5.02 Å². The summed E-state index contributed by atoms with van der Waals surface area (Å²) in [6.45, 7) is 14.7. The van der Waals surface area contributed by atoms with E-state index in [4.69, 9.17) is 16.3 Å². The second kappa shape index (κ2) is 8.61. The second-order valence-electron chi connectivity index (χ2n) is 10.6. The first kappa shape index (κ1) is 22.4. The van der Waals surface area contributed by atoms with Gasteiger partial charge in [-0.1, -0.05) is 38.4 Å². The zero-order valence-electron chi connectivity index (χ0n) is 19.2. The minimum atomic E-state index is -0.316. The van der Waals surface area contributed by atoms with Gasteiger partial charge in [0.15, 0.2) is 0 Å². The van der Waals surface area contributed by atoms with Gasteiger partial charge >= 0.3 is 0 Å². The Bertz CT molecular complexity index is 747. The Kier molecular flexibility index (Phi) is 6.43. The van der Waals surface area contributed by atoms with Crippen molar-refractivity contribution < 1.29 is 9.84 Å². The summed E-state index contributed by atoms with van der Waals surface area (Å²) >= 11 is 6.19. The van der Waals surface area contributed by atoms with Crippen molar-refractivity contribution in [2.24, 2.45) is 16.7 Å². The number of hydrogen-bond donors (Lipinski definition) is 1. The van der Waals surface area contributed by atoms with Gasteiger partial charge in [0.2, 0.25) is 0 Å². The van der Waals surface area contributed by atoms with Gasteiger partial charge in [0.25, 0.3) is 0 Å². The van der Waals surface area contributed by atoms with Crippen molar-refractivity contribution in [3.8, 4) is 0 Å². The monoisotopic (exact) mass is 434 g/mol. The average Bonchev–Trinajstić information content (AvgIpc) is 3.04. The molecule has 4 rings (SSSR count). The van der Waals surface area contributed by atoms with E-state index in [1.165, 1.54) is 30.5 Å². The summed E-state index contributed by atoms with van der Waals surface area (Å²) in [6, 6.07) is 6.11. The highest BCUT2D eigenvalue weighted by molar-refractivity contribution is 6.30. The third-order valence-electron chi connectivity index (χ3n) is 8.84. The number of aliphatic hydroxyl groups is 1. The van der Waals surface area contributed by atoms with E-state index in [0.29, 0.717) is 23.5 Å². The summed E-state index contributed by atoms with van der Waals surface area (Å²) in [5.74, 6) is 0.803. The van der Waals surface area contributed by atoms with Gasteiger partial charge in [-0.15, -0.1) is 0 Å². The average molecular weight is 435 g/mol. The zero-order chi connectivity index (χ0) is 21.5. The highest BCUT2D eigenvalue weighted by Crippen LogP contribution is 2.66. The number of aryl methyl sites for hydroxylation is 1. The van der Waals surface area contributed by atoms with Crippen LogP contribution in [-0.2, 0) is 4.74 Å². The Balaban J connectivity index is 1.19. The Hall–Kier alpha value is -0.810. The molecule has 3 fully saturated rings. The highest BCUT2D eigenvalue weighted by atomic mass is 35.5. The van der Waals surface area contributed by atoms with E-state index in [1.54, 1.807) is 0 Å². The molecule has 4 nitrogen and oxygen atoms in total. The standard InChI is InChI=1S/C25H39ClN2O2/c1-18-5-6-20(26)16-22(18)28-12-10-27(11-13-28)17-21(29)8-14-30-23-15-19-7-9-25(23,4)24(19,2)3/h5-6,16,19,21,23,29H,7-15,17H2,1-4H3/t19-,21+,23+,25-/m1/s1. The number of halogens is 1. The van der Waals surface area contributed by atoms with Crippen LogP contribution in [0.15, 0.2) is 18.2 Å². The molecule has 3 aliphatic rings. The molecule has 5 heteroatoms. The molecule has 2 bridgehead atoms. The molecule has 1 N–H and O–H groups in total. The van der Waals surface area contributed by atoms with E-state index in [9.17, 15) is 5.11 Å². The summed E-state index contributed by atoms with van der Waals surface area (Å²) in [7, 11) is 0. The second-order valence-corrected chi connectivity index (χ2v) is 11.1. The lowest BCUT2D eigenvalue weighted by Crippen LogP contribution is -2.49. The first-order valence-electron chi connectivity index (χ1n) is 11.7. The number of nitrogens with zero attached hydrogens (tertiary/aromatic N) is 2. The lowest BCUT2D eigenvalue weighted by atomic mass is 9.70. The van der Waals surface area contributed by atoms with E-state index in [0.717, 1.165) is 50.1 Å². The largest absolute Gasteiger partial charge is 0.392 e. The molecular weight excluding hydrogens is 396 g/mol. The van der Waals surface area contributed by atoms with Gasteiger partial charge in [0.05, 0.1) is 12.2 Å². The third-order valence-corrected chi connectivity index (χ3v) is 9.07.